The number of azide groups is 1. The number of benzene rings is 1. The molecule has 0 N–H and O–H groups in total. The smallest absolute Gasteiger partial charge is 0.410 e. The summed E-state index contributed by atoms with van der Waals surface area (Å²) in [7, 11) is 0. The highest BCUT2D eigenvalue weighted by Gasteiger charge is 2.34. The van der Waals surface area contributed by atoms with Crippen molar-refractivity contribution in [1.29, 1.82) is 0 Å². The predicted octanol–water partition coefficient (Wildman–Crippen LogP) is 2.88. The Morgan fingerprint density at radius 3 is 2.94 bits per heavy atom. The van der Waals surface area contributed by atoms with Crippen LogP contribution in [-0.4, -0.2) is 30.2 Å². The second kappa shape index (κ2) is 5.42. The van der Waals surface area contributed by atoms with Gasteiger partial charge in [0, 0.05) is 4.91 Å². The minimum Gasteiger partial charge on any atom is -0.444 e. The van der Waals surface area contributed by atoms with Crippen LogP contribution in [0.25, 0.3) is 10.4 Å². The van der Waals surface area contributed by atoms with Gasteiger partial charge in [0.2, 0.25) is 0 Å². The largest absolute Gasteiger partial charge is 0.444 e. The van der Waals surface area contributed by atoms with E-state index < -0.39 is 0 Å². The first-order valence-electron chi connectivity index (χ1n) is 5.75. The van der Waals surface area contributed by atoms with Crippen LogP contribution in [-0.2, 0) is 4.74 Å². The Balaban J connectivity index is 2.05. The summed E-state index contributed by atoms with van der Waals surface area (Å²) in [5.41, 5.74) is 9.30. The van der Waals surface area contributed by atoms with Crippen LogP contribution in [0.5, 0.6) is 0 Å². The first kappa shape index (κ1) is 12.3. The average molecular weight is 246 g/mol. The van der Waals surface area contributed by atoms with E-state index in [-0.39, 0.29) is 24.8 Å². The van der Waals surface area contributed by atoms with Gasteiger partial charge in [-0.3, -0.25) is 4.90 Å². The Bertz CT molecular complexity index is 470. The number of hydrogen-bond donors (Lipinski definition) is 0. The number of carbonyl (C=O) groups is 1. The number of carbonyl (C=O) groups excluding carboxylic acids is 1. The van der Waals surface area contributed by atoms with Crippen LogP contribution >= 0.6 is 0 Å². The Labute approximate surface area is 105 Å². The van der Waals surface area contributed by atoms with E-state index in [0.717, 1.165) is 5.56 Å². The molecule has 6 nitrogen and oxygen atoms in total. The Hall–Kier alpha value is -2.20. The maximum atomic E-state index is 11.7. The van der Waals surface area contributed by atoms with Gasteiger partial charge in [-0.15, -0.1) is 0 Å². The van der Waals surface area contributed by atoms with E-state index in [9.17, 15) is 4.79 Å². The summed E-state index contributed by atoms with van der Waals surface area (Å²) in [6.45, 7) is 2.58. The third-order valence-electron chi connectivity index (χ3n) is 3.00. The summed E-state index contributed by atoms with van der Waals surface area (Å²) in [5, 5.41) is 3.43. The van der Waals surface area contributed by atoms with Crippen molar-refractivity contribution in [1.82, 2.24) is 4.90 Å². The van der Waals surface area contributed by atoms with Crippen LogP contribution in [0.4, 0.5) is 4.79 Å². The van der Waals surface area contributed by atoms with Crippen LogP contribution < -0.4 is 0 Å². The van der Waals surface area contributed by atoms with Gasteiger partial charge < -0.3 is 4.74 Å². The minimum atomic E-state index is -0.357. The Morgan fingerprint density at radius 1 is 1.56 bits per heavy atom. The lowest BCUT2D eigenvalue weighted by molar-refractivity contribution is 0.131. The van der Waals surface area contributed by atoms with Gasteiger partial charge in [-0.25, -0.2) is 4.79 Å². The van der Waals surface area contributed by atoms with Crippen LogP contribution in [0, 0.1) is 0 Å². The van der Waals surface area contributed by atoms with Gasteiger partial charge in [0.05, 0.1) is 19.1 Å². The summed E-state index contributed by atoms with van der Waals surface area (Å²) in [4.78, 5) is 16.0. The molecular weight excluding hydrogens is 232 g/mol. The molecule has 6 heteroatoms. The molecule has 1 aliphatic rings. The van der Waals surface area contributed by atoms with Crippen LogP contribution in [0.1, 0.15) is 18.5 Å². The second-order valence-electron chi connectivity index (χ2n) is 4.16. The van der Waals surface area contributed by atoms with Gasteiger partial charge in [0.15, 0.2) is 0 Å². The van der Waals surface area contributed by atoms with E-state index in [0.29, 0.717) is 6.54 Å². The summed E-state index contributed by atoms with van der Waals surface area (Å²) in [5.74, 6) is 0. The van der Waals surface area contributed by atoms with Gasteiger partial charge in [0.25, 0.3) is 0 Å². The number of nitrogens with zero attached hydrogens (tertiary/aromatic N) is 4. The topological polar surface area (TPSA) is 78.3 Å². The predicted molar refractivity (Wildman–Crippen MR) is 65.8 cm³/mol. The quantitative estimate of drug-likeness (QED) is 0.465. The van der Waals surface area contributed by atoms with Gasteiger partial charge in [0.1, 0.15) is 6.10 Å². The molecular formula is C12H14N4O2. The molecule has 0 spiro atoms. The summed E-state index contributed by atoms with van der Waals surface area (Å²) >= 11 is 0. The highest BCUT2D eigenvalue weighted by molar-refractivity contribution is 5.70. The molecule has 18 heavy (non-hydrogen) atoms. The van der Waals surface area contributed by atoms with Crippen molar-refractivity contribution in [2.24, 2.45) is 5.11 Å². The van der Waals surface area contributed by atoms with Crippen molar-refractivity contribution in [3.05, 3.63) is 46.3 Å². The van der Waals surface area contributed by atoms with Crippen LogP contribution in [0.2, 0.25) is 0 Å². The maximum absolute atomic E-state index is 11.7. The fourth-order valence-corrected chi connectivity index (χ4v) is 1.99. The number of ether oxygens (including phenoxy) is 1. The zero-order chi connectivity index (χ0) is 13.0. The molecule has 0 radical (unpaired) electrons. The van der Waals surface area contributed by atoms with E-state index in [1.807, 2.05) is 37.3 Å². The lowest BCUT2D eigenvalue weighted by Gasteiger charge is -2.22. The van der Waals surface area contributed by atoms with Gasteiger partial charge >= 0.3 is 6.09 Å². The molecule has 0 unspecified atom stereocenters. The van der Waals surface area contributed by atoms with Crippen LogP contribution in [0.15, 0.2) is 35.4 Å². The summed E-state index contributed by atoms with van der Waals surface area (Å²) in [6.07, 6.45) is -0.705. The molecule has 94 valence electrons. The van der Waals surface area contributed by atoms with Crippen molar-refractivity contribution >= 4 is 6.09 Å². The zero-order valence-electron chi connectivity index (χ0n) is 10.1. The molecule has 2 rings (SSSR count). The number of cyclic esters (lactones) is 1. The van der Waals surface area contributed by atoms with Crippen molar-refractivity contribution in [3.8, 4) is 0 Å². The molecule has 2 atom stereocenters. The van der Waals surface area contributed by atoms with Gasteiger partial charge in [-0.05, 0) is 18.0 Å². The van der Waals surface area contributed by atoms with E-state index in [4.69, 9.17) is 10.3 Å². The van der Waals surface area contributed by atoms with Crippen molar-refractivity contribution < 1.29 is 9.53 Å². The van der Waals surface area contributed by atoms with Crippen molar-refractivity contribution in [2.45, 2.75) is 19.1 Å². The van der Waals surface area contributed by atoms with Crippen LogP contribution in [0.3, 0.4) is 0 Å². The zero-order valence-corrected chi connectivity index (χ0v) is 10.1. The highest BCUT2D eigenvalue weighted by atomic mass is 16.6. The fraction of sp³-hybridized carbons (Fsp3) is 0.417. The molecule has 0 saturated carbocycles. The minimum absolute atomic E-state index is 0.0465. The molecule has 1 aromatic carbocycles. The molecule has 1 saturated heterocycles. The Kier molecular flexibility index (Phi) is 3.69. The van der Waals surface area contributed by atoms with E-state index >= 15 is 0 Å². The standard InChI is InChI=1S/C12H14N4O2/c1-9(10-5-3-2-4-6-10)16-8-11(7-14-15-13)18-12(16)17/h2-6,9,11H,7-8H2,1H3/t9-,11-/m0/s1. The van der Waals surface area contributed by atoms with Crippen molar-refractivity contribution in [3.63, 3.8) is 0 Å². The Morgan fingerprint density at radius 2 is 2.28 bits per heavy atom. The number of rotatable bonds is 4. The van der Waals surface area contributed by atoms with Gasteiger partial charge in [-0.2, -0.15) is 0 Å². The molecule has 0 bridgehead atoms. The molecule has 1 aromatic rings. The second-order valence-corrected chi connectivity index (χ2v) is 4.16. The number of hydrogen-bond acceptors (Lipinski definition) is 3. The first-order chi connectivity index (χ1) is 8.72. The lowest BCUT2D eigenvalue weighted by Crippen LogP contribution is -2.28. The van der Waals surface area contributed by atoms with Gasteiger partial charge in [-0.1, -0.05) is 35.4 Å². The first-order valence-corrected chi connectivity index (χ1v) is 5.75. The monoisotopic (exact) mass is 246 g/mol. The molecule has 1 fully saturated rings. The summed E-state index contributed by atoms with van der Waals surface area (Å²) in [6, 6.07) is 9.70. The highest BCUT2D eigenvalue weighted by Crippen LogP contribution is 2.25. The average Bonchev–Trinajstić information content (AvgIpc) is 2.78. The van der Waals surface area contributed by atoms with E-state index in [1.54, 1.807) is 4.90 Å². The maximum Gasteiger partial charge on any atom is 0.410 e. The summed E-state index contributed by atoms with van der Waals surface area (Å²) < 4.78 is 5.14. The molecule has 0 aliphatic carbocycles. The molecule has 0 aromatic heterocycles. The van der Waals surface area contributed by atoms with Crippen molar-refractivity contribution in [2.75, 3.05) is 13.1 Å². The molecule has 1 aliphatic heterocycles. The third kappa shape index (κ3) is 2.55. The third-order valence-corrected chi connectivity index (χ3v) is 3.00. The fourth-order valence-electron chi connectivity index (χ4n) is 1.99. The lowest BCUT2D eigenvalue weighted by atomic mass is 10.1. The normalized spacial score (nSPS) is 20.2. The number of amides is 1. The molecule has 1 amide bonds. The van der Waals surface area contributed by atoms with E-state index in [1.165, 1.54) is 0 Å². The molecule has 1 heterocycles. The SMILES string of the molecule is C[C@@H](c1ccccc1)N1C[C@H](CN=[N+]=[N-])OC1=O. The van der Waals surface area contributed by atoms with E-state index in [2.05, 4.69) is 10.0 Å².